The third kappa shape index (κ3) is 5.01. The zero-order chi connectivity index (χ0) is 19.1. The maximum absolute atomic E-state index is 12.0. The van der Waals surface area contributed by atoms with Crippen LogP contribution < -0.4 is 10.6 Å². The van der Waals surface area contributed by atoms with E-state index in [-0.39, 0.29) is 24.1 Å². The normalized spacial score (nSPS) is 10.4. The molecule has 7 heteroatoms. The molecular formula is C20H20N4O3. The Hall–Kier alpha value is -3.48. The minimum Gasteiger partial charge on any atom is -0.354 e. The van der Waals surface area contributed by atoms with Crippen molar-refractivity contribution in [1.29, 1.82) is 0 Å². The zero-order valence-electron chi connectivity index (χ0n) is 14.9. The maximum atomic E-state index is 12.0. The molecule has 1 heterocycles. The summed E-state index contributed by atoms with van der Waals surface area (Å²) in [4.78, 5) is 28.1. The first-order valence-corrected chi connectivity index (χ1v) is 8.62. The van der Waals surface area contributed by atoms with Crippen LogP contribution in [0.5, 0.6) is 0 Å². The van der Waals surface area contributed by atoms with Gasteiger partial charge in [-0.2, -0.15) is 4.98 Å². The molecule has 0 saturated carbocycles. The first-order chi connectivity index (χ1) is 13.1. The molecule has 0 aliphatic rings. The van der Waals surface area contributed by atoms with Crippen LogP contribution in [0.1, 0.15) is 21.8 Å². The van der Waals surface area contributed by atoms with Crippen LogP contribution in [-0.2, 0) is 11.2 Å². The van der Waals surface area contributed by atoms with Gasteiger partial charge in [-0.1, -0.05) is 47.6 Å². The van der Waals surface area contributed by atoms with Gasteiger partial charge in [0.15, 0.2) is 0 Å². The largest absolute Gasteiger partial charge is 0.354 e. The molecule has 2 aromatic carbocycles. The molecule has 138 valence electrons. The fraction of sp³-hybridized carbons (Fsp3) is 0.200. The second-order valence-electron chi connectivity index (χ2n) is 5.98. The van der Waals surface area contributed by atoms with Gasteiger partial charge < -0.3 is 15.2 Å². The Balaban J connectivity index is 1.44. The monoisotopic (exact) mass is 364 g/mol. The highest BCUT2D eigenvalue weighted by Gasteiger charge is 2.13. The van der Waals surface area contributed by atoms with Gasteiger partial charge in [-0.15, -0.1) is 0 Å². The number of carbonyl (C=O) groups is 2. The van der Waals surface area contributed by atoms with Crippen molar-refractivity contribution in [2.24, 2.45) is 0 Å². The van der Waals surface area contributed by atoms with E-state index in [1.165, 1.54) is 0 Å². The number of aromatic nitrogens is 2. The number of amides is 2. The van der Waals surface area contributed by atoms with E-state index in [9.17, 15) is 9.59 Å². The summed E-state index contributed by atoms with van der Waals surface area (Å²) in [5.41, 5.74) is 2.48. The van der Waals surface area contributed by atoms with Gasteiger partial charge in [-0.05, 0) is 24.6 Å². The standard InChI is InChI=1S/C20H20N4O3/c1-14-7-5-6-10-16(14)19-23-18(27-24-19)13-17(25)21-11-12-22-20(26)15-8-3-2-4-9-15/h2-10H,11-13H2,1H3,(H,21,25)(H,22,26). The number of benzene rings is 2. The van der Waals surface area contributed by atoms with Crippen LogP contribution in [0.4, 0.5) is 0 Å². The highest BCUT2D eigenvalue weighted by atomic mass is 16.5. The third-order valence-corrected chi connectivity index (χ3v) is 3.93. The molecule has 2 amide bonds. The summed E-state index contributed by atoms with van der Waals surface area (Å²) in [5, 5.41) is 9.39. The quantitative estimate of drug-likeness (QED) is 0.626. The van der Waals surface area contributed by atoms with Crippen molar-refractivity contribution < 1.29 is 14.1 Å². The molecule has 7 nitrogen and oxygen atoms in total. The van der Waals surface area contributed by atoms with Crippen LogP contribution in [0.3, 0.4) is 0 Å². The van der Waals surface area contributed by atoms with E-state index in [0.717, 1.165) is 11.1 Å². The maximum Gasteiger partial charge on any atom is 0.251 e. The smallest absolute Gasteiger partial charge is 0.251 e. The van der Waals surface area contributed by atoms with Gasteiger partial charge in [0.2, 0.25) is 17.6 Å². The Bertz CT molecular complexity index is 922. The number of carbonyl (C=O) groups excluding carboxylic acids is 2. The van der Waals surface area contributed by atoms with Crippen LogP contribution in [-0.4, -0.2) is 35.0 Å². The number of hydrogen-bond donors (Lipinski definition) is 2. The van der Waals surface area contributed by atoms with E-state index in [4.69, 9.17) is 4.52 Å². The Kier molecular flexibility index (Phi) is 5.94. The molecular weight excluding hydrogens is 344 g/mol. The van der Waals surface area contributed by atoms with Gasteiger partial charge in [-0.25, -0.2) is 0 Å². The van der Waals surface area contributed by atoms with Crippen molar-refractivity contribution in [1.82, 2.24) is 20.8 Å². The minimum absolute atomic E-state index is 0.00842. The molecule has 0 bridgehead atoms. The van der Waals surface area contributed by atoms with Crippen LogP contribution in [0.2, 0.25) is 0 Å². The topological polar surface area (TPSA) is 97.1 Å². The molecule has 0 aliphatic carbocycles. The van der Waals surface area contributed by atoms with Crippen LogP contribution in [0.25, 0.3) is 11.4 Å². The molecule has 0 fully saturated rings. The summed E-state index contributed by atoms with van der Waals surface area (Å²) in [7, 11) is 0. The first-order valence-electron chi connectivity index (χ1n) is 8.62. The third-order valence-electron chi connectivity index (χ3n) is 3.93. The predicted molar refractivity (Wildman–Crippen MR) is 100.0 cm³/mol. The summed E-state index contributed by atoms with van der Waals surface area (Å²) in [6.45, 7) is 2.61. The summed E-state index contributed by atoms with van der Waals surface area (Å²) < 4.78 is 5.16. The molecule has 0 atom stereocenters. The Morgan fingerprint density at radius 1 is 0.963 bits per heavy atom. The van der Waals surface area contributed by atoms with Gasteiger partial charge in [-0.3, -0.25) is 9.59 Å². The molecule has 1 aromatic heterocycles. The van der Waals surface area contributed by atoms with Crippen molar-refractivity contribution in [2.75, 3.05) is 13.1 Å². The Morgan fingerprint density at radius 3 is 2.44 bits per heavy atom. The number of hydrogen-bond acceptors (Lipinski definition) is 5. The molecule has 0 aliphatic heterocycles. The van der Waals surface area contributed by atoms with Crippen molar-refractivity contribution in [3.05, 3.63) is 71.6 Å². The van der Waals surface area contributed by atoms with E-state index in [0.29, 0.717) is 24.5 Å². The van der Waals surface area contributed by atoms with Crippen LogP contribution in [0.15, 0.2) is 59.1 Å². The van der Waals surface area contributed by atoms with Crippen molar-refractivity contribution in [2.45, 2.75) is 13.3 Å². The lowest BCUT2D eigenvalue weighted by Crippen LogP contribution is -2.35. The Labute approximate surface area is 156 Å². The van der Waals surface area contributed by atoms with Crippen molar-refractivity contribution >= 4 is 11.8 Å². The van der Waals surface area contributed by atoms with E-state index in [1.807, 2.05) is 37.3 Å². The van der Waals surface area contributed by atoms with Gasteiger partial charge in [0.05, 0.1) is 0 Å². The van der Waals surface area contributed by atoms with E-state index in [2.05, 4.69) is 20.8 Å². The lowest BCUT2D eigenvalue weighted by Gasteiger charge is -2.06. The number of aryl methyl sites for hydroxylation is 1. The fourth-order valence-corrected chi connectivity index (χ4v) is 2.53. The zero-order valence-corrected chi connectivity index (χ0v) is 14.9. The lowest BCUT2D eigenvalue weighted by atomic mass is 10.1. The summed E-state index contributed by atoms with van der Waals surface area (Å²) in [6.07, 6.45) is -0.00842. The fourth-order valence-electron chi connectivity index (χ4n) is 2.53. The van der Waals surface area contributed by atoms with E-state index in [1.54, 1.807) is 24.3 Å². The molecule has 3 aromatic rings. The Morgan fingerprint density at radius 2 is 1.67 bits per heavy atom. The number of nitrogens with one attached hydrogen (secondary N) is 2. The van der Waals surface area contributed by atoms with Gasteiger partial charge >= 0.3 is 0 Å². The highest BCUT2D eigenvalue weighted by Crippen LogP contribution is 2.19. The molecule has 2 N–H and O–H groups in total. The van der Waals surface area contributed by atoms with E-state index < -0.39 is 0 Å². The highest BCUT2D eigenvalue weighted by molar-refractivity contribution is 5.94. The molecule has 0 saturated heterocycles. The molecule has 27 heavy (non-hydrogen) atoms. The second-order valence-corrected chi connectivity index (χ2v) is 5.98. The molecule has 0 unspecified atom stereocenters. The SMILES string of the molecule is Cc1ccccc1-c1noc(CC(=O)NCCNC(=O)c2ccccc2)n1. The molecule has 0 radical (unpaired) electrons. The summed E-state index contributed by atoms with van der Waals surface area (Å²) in [5.74, 6) is 0.290. The van der Waals surface area contributed by atoms with Crippen LogP contribution in [0, 0.1) is 6.92 Å². The number of nitrogens with zero attached hydrogens (tertiary/aromatic N) is 2. The predicted octanol–water partition coefficient (Wildman–Crippen LogP) is 2.13. The summed E-state index contributed by atoms with van der Waals surface area (Å²) in [6, 6.07) is 16.6. The van der Waals surface area contributed by atoms with Crippen molar-refractivity contribution in [3.63, 3.8) is 0 Å². The lowest BCUT2D eigenvalue weighted by molar-refractivity contribution is -0.120. The minimum atomic E-state index is -0.246. The van der Waals surface area contributed by atoms with E-state index >= 15 is 0 Å². The first kappa shape index (κ1) is 18.3. The van der Waals surface area contributed by atoms with Crippen LogP contribution >= 0.6 is 0 Å². The summed E-state index contributed by atoms with van der Waals surface area (Å²) >= 11 is 0. The van der Waals surface area contributed by atoms with Gasteiger partial charge in [0.25, 0.3) is 5.91 Å². The number of rotatable bonds is 7. The second kappa shape index (κ2) is 8.75. The molecule has 3 rings (SSSR count). The average Bonchev–Trinajstić information content (AvgIpc) is 3.14. The van der Waals surface area contributed by atoms with Gasteiger partial charge in [0, 0.05) is 24.2 Å². The molecule has 0 spiro atoms. The van der Waals surface area contributed by atoms with Gasteiger partial charge in [0.1, 0.15) is 6.42 Å². The van der Waals surface area contributed by atoms with Crippen molar-refractivity contribution in [3.8, 4) is 11.4 Å². The average molecular weight is 364 g/mol.